The summed E-state index contributed by atoms with van der Waals surface area (Å²) < 4.78 is 0. The average Bonchev–Trinajstić information content (AvgIpc) is 1.21. The summed E-state index contributed by atoms with van der Waals surface area (Å²) in [6.45, 7) is 24.3. The number of H-pyrrole nitrogens is 3. The summed E-state index contributed by atoms with van der Waals surface area (Å²) in [4.78, 5) is 232. The predicted molar refractivity (Wildman–Crippen MR) is 522 cm³/mol. The molecule has 22 N–H and O–H groups in total. The molecule has 8 amide bonds. The van der Waals surface area contributed by atoms with Crippen molar-refractivity contribution in [1.29, 1.82) is 0 Å². The van der Waals surface area contributed by atoms with E-state index >= 15 is 0 Å². The van der Waals surface area contributed by atoms with Gasteiger partial charge in [0.2, 0.25) is 47.3 Å². The average molecular weight is 1900 g/mol. The first-order chi connectivity index (χ1) is 64.5. The summed E-state index contributed by atoms with van der Waals surface area (Å²) in [6, 6.07) is -0.682. The lowest BCUT2D eigenvalue weighted by molar-refractivity contribution is -0.136. The van der Waals surface area contributed by atoms with E-state index in [1.165, 1.54) is 115 Å². The first-order valence-electron chi connectivity index (χ1n) is 49.0. The quantitative estimate of drug-likeness (QED) is 0.0112. The Morgan fingerprint density at radius 2 is 0.838 bits per heavy atom. The van der Waals surface area contributed by atoms with Crippen molar-refractivity contribution in [2.75, 3.05) is 19.7 Å². The molecule has 0 aliphatic rings. The third-order valence-corrected chi connectivity index (χ3v) is 24.7. The maximum absolute atomic E-state index is 14.4. The minimum absolute atomic E-state index is 0.00225. The van der Waals surface area contributed by atoms with Gasteiger partial charge in [0, 0.05) is 143 Å². The highest BCUT2D eigenvalue weighted by Crippen LogP contribution is 2.27. The summed E-state index contributed by atoms with van der Waals surface area (Å²) in [5, 5.41) is 39.5. The molecule has 37 nitrogen and oxygen atoms in total. The van der Waals surface area contributed by atoms with Gasteiger partial charge in [0.05, 0.1) is 73.7 Å². The lowest BCUT2D eigenvalue weighted by Crippen LogP contribution is -2.49. The van der Waals surface area contributed by atoms with Crippen molar-refractivity contribution in [3.63, 3.8) is 0 Å². The second kappa shape index (κ2) is 65.4. The van der Waals surface area contributed by atoms with Gasteiger partial charge >= 0.3 is 0 Å². The molecule has 136 heavy (non-hydrogen) atoms. The molecular weight excluding hydrogens is 1740 g/mol. The number of primary amides is 1. The van der Waals surface area contributed by atoms with Gasteiger partial charge < -0.3 is 91.1 Å². The number of unbranched alkanes of at least 4 members (excludes halogenated alkanes) is 12. The lowest BCUT2D eigenvalue weighted by atomic mass is 9.85. The van der Waals surface area contributed by atoms with Gasteiger partial charge in [0.25, 0.3) is 0 Å². The monoisotopic (exact) mass is 1900 g/mol. The SMILES string of the molecule is CCCCCCCCCCCCCCCC(=O)N[C@@H](Cc1cnc[nH]1)C(=O)C[C@@H](C)C(=O)N[C@H](C(=O)C[C@@H](Cc1cnc[nH]1)C(=O)N[C@@H](C)C(C)=O)C(C)C.CC[C@@H](Cc1ccc(O)cc1)C(=O)N[C@@H](CCCN=C(N)N)C(=O)C[C@@H](Cc1cnc[nH]1)C(=O)N[C@@H](C)C(=O)C[C@@H](CCCN=C(N)N)C(=O)N[C@@H](CC(C)C)C(=O)C[C@@H](CC(C)C)C(=O)N[C@@H](CO)C(=O)C[C@H](C(N)=O)[C@@H](C)CC. The van der Waals surface area contributed by atoms with Gasteiger partial charge in [0.1, 0.15) is 11.8 Å². The van der Waals surface area contributed by atoms with Crippen molar-refractivity contribution in [3.05, 3.63) is 84.5 Å². The number of phenols is 1. The molecule has 0 spiro atoms. The molecule has 0 bridgehead atoms. The van der Waals surface area contributed by atoms with Crippen LogP contribution in [-0.2, 0) is 97.6 Å². The molecule has 0 saturated heterocycles. The van der Waals surface area contributed by atoms with Crippen molar-refractivity contribution >= 4 is 99.7 Å². The highest BCUT2D eigenvalue weighted by Gasteiger charge is 2.39. The summed E-state index contributed by atoms with van der Waals surface area (Å²) >= 11 is 0. The number of imidazole rings is 3. The van der Waals surface area contributed by atoms with E-state index in [0.717, 1.165) is 24.8 Å². The molecule has 3 aromatic heterocycles. The van der Waals surface area contributed by atoms with Crippen LogP contribution in [0.2, 0.25) is 0 Å². The van der Waals surface area contributed by atoms with Crippen molar-refractivity contribution in [2.24, 2.45) is 104 Å². The minimum Gasteiger partial charge on any atom is -0.508 e. The number of aliphatic hydroxyl groups is 1. The van der Waals surface area contributed by atoms with Crippen LogP contribution in [0.3, 0.4) is 0 Å². The third-order valence-electron chi connectivity index (χ3n) is 24.7. The Labute approximate surface area is 803 Å². The Bertz CT molecular complexity index is 4360. The van der Waals surface area contributed by atoms with Crippen LogP contribution in [0.5, 0.6) is 5.75 Å². The van der Waals surface area contributed by atoms with E-state index in [0.29, 0.717) is 49.2 Å². The van der Waals surface area contributed by atoms with Gasteiger partial charge in [0.15, 0.2) is 52.4 Å². The van der Waals surface area contributed by atoms with Crippen molar-refractivity contribution in [1.82, 2.24) is 67.1 Å². The fourth-order valence-electron chi connectivity index (χ4n) is 16.1. The van der Waals surface area contributed by atoms with E-state index in [1.807, 2.05) is 41.5 Å². The zero-order valence-corrected chi connectivity index (χ0v) is 83.1. The molecule has 3 heterocycles. The molecule has 1 aromatic carbocycles. The van der Waals surface area contributed by atoms with Crippen LogP contribution in [0.1, 0.15) is 299 Å². The number of aliphatic imine (C=N–C) groups is 2. The minimum atomic E-state index is -1.36. The van der Waals surface area contributed by atoms with E-state index in [-0.39, 0.29) is 167 Å². The molecule has 760 valence electrons. The number of aromatic amines is 3. The number of hydrogen-bond acceptors (Lipinski definition) is 22. The predicted octanol–water partition coefficient (Wildman–Crippen LogP) is 8.20. The number of ketones is 7. The number of aromatic nitrogens is 6. The van der Waals surface area contributed by atoms with Crippen molar-refractivity contribution < 1.29 is 82.1 Å². The Morgan fingerprint density at radius 3 is 1.31 bits per heavy atom. The van der Waals surface area contributed by atoms with Crippen molar-refractivity contribution in [3.8, 4) is 5.75 Å². The Morgan fingerprint density at radius 1 is 0.404 bits per heavy atom. The molecule has 0 radical (unpaired) electrons. The number of aliphatic hydroxyl groups excluding tert-OH is 1. The smallest absolute Gasteiger partial charge is 0.224 e. The number of guanidine groups is 2. The van der Waals surface area contributed by atoms with Gasteiger partial charge in [-0.25, -0.2) is 15.0 Å². The van der Waals surface area contributed by atoms with Crippen LogP contribution in [0.4, 0.5) is 0 Å². The van der Waals surface area contributed by atoms with Crippen LogP contribution in [0, 0.1) is 65.1 Å². The number of Topliss-reactive ketones (excluding diaryl/α,β-unsaturated/α-hetero) is 7. The van der Waals surface area contributed by atoms with Gasteiger partial charge in [-0.05, 0) is 120 Å². The number of hydrogen-bond donors (Lipinski definition) is 17. The zero-order chi connectivity index (χ0) is 102. The second-order valence-corrected chi connectivity index (χ2v) is 37.9. The van der Waals surface area contributed by atoms with Crippen LogP contribution < -0.4 is 65.9 Å². The Hall–Kier alpha value is -11.4. The molecule has 0 saturated carbocycles. The van der Waals surface area contributed by atoms with Crippen LogP contribution >= 0.6 is 0 Å². The standard InChI is InChI=1S/C57H93N13O11.C42H69N7O6/c1-9-34(7)43(51(58)77)28-50(76)46(30-71)70-55(81)39(21-32(3)4)26-49(75)45(22-33(5)6)69-53(79)38(13-11-19-64-56(59)60)25-47(73)35(8)67-54(80)40(24-41-29-63-31-66-41)27-48(74)44(14-12-20-65-57(61)62)68-52(78)37(10-2)23-36-15-17-42(72)18-16-36;1-7-8-9-10-11-12-13-14-15-16-17-18-19-20-39(53)48-36(24-35-26-44-28-46-35)37(51)21-30(4)41(54)49-40(29(2)3)38(52)23-33(22-34-25-43-27-45-34)42(55)47-31(5)32(6)50/h15-18,29,31-35,37-40,43-46,71-72H,9-14,19-28,30H2,1-8H3,(H2,58,77)(H,63,66)(H,67,80)(H,68,78)(H,69,79)(H,70,81)(H4,59,60,64)(H4,61,62,65);25-31,33,36,40H,7-24H2,1-6H3,(H,43,45)(H,44,46)(H,47,55)(H,48,53)(H,49,54)/t34-,35-,37-,38+,39+,40+,43-,44-,45-,46-;30-,31+,33-,36+,40+/m01/s1. The highest BCUT2D eigenvalue weighted by molar-refractivity contribution is 6.00. The molecule has 15 atom stereocenters. The number of amides is 8. The largest absolute Gasteiger partial charge is 0.508 e. The number of nitrogens with zero attached hydrogens (tertiary/aromatic N) is 5. The van der Waals surface area contributed by atoms with E-state index in [9.17, 15) is 82.1 Å². The molecule has 0 aliphatic carbocycles. The van der Waals surface area contributed by atoms with Crippen LogP contribution in [0.25, 0.3) is 0 Å². The van der Waals surface area contributed by atoms with Gasteiger partial charge in [-0.15, -0.1) is 0 Å². The van der Waals surface area contributed by atoms with Gasteiger partial charge in [-0.3, -0.25) is 81.9 Å². The highest BCUT2D eigenvalue weighted by atomic mass is 16.3. The molecule has 0 unspecified atom stereocenters. The Kier molecular flexibility index (Phi) is 57.1. The Balaban J connectivity index is 0.000000753. The topological polar surface area (TPSA) is 622 Å². The molecule has 4 rings (SSSR count). The summed E-state index contributed by atoms with van der Waals surface area (Å²) in [5.74, 6) is -14.1. The number of rotatable bonds is 72. The maximum Gasteiger partial charge on any atom is 0.224 e. The zero-order valence-electron chi connectivity index (χ0n) is 83.1. The number of carbonyl (C=O) groups is 15. The van der Waals surface area contributed by atoms with E-state index in [4.69, 9.17) is 28.7 Å². The van der Waals surface area contributed by atoms with E-state index < -0.39 is 155 Å². The fourth-order valence-corrected chi connectivity index (χ4v) is 16.1. The number of aromatic hydroxyl groups is 1. The molecule has 0 fully saturated rings. The normalized spacial score (nSPS) is 14.7. The van der Waals surface area contributed by atoms with Gasteiger partial charge in [-0.2, -0.15) is 0 Å². The molecule has 37 heteroatoms. The third kappa shape index (κ3) is 47.9. The lowest BCUT2D eigenvalue weighted by Gasteiger charge is -2.27. The number of nitrogens with one attached hydrogen (secondary N) is 10. The fraction of sp³-hybridized carbons (Fsp3) is 0.677. The van der Waals surface area contributed by atoms with E-state index in [1.54, 1.807) is 59.1 Å². The number of benzene rings is 1. The second-order valence-electron chi connectivity index (χ2n) is 37.9. The molecule has 0 aliphatic heterocycles. The first kappa shape index (κ1) is 119. The molecular formula is C99H162N20O17. The van der Waals surface area contributed by atoms with Crippen LogP contribution in [-0.4, -0.2) is 202 Å². The van der Waals surface area contributed by atoms with Crippen molar-refractivity contribution in [2.45, 2.75) is 345 Å². The van der Waals surface area contributed by atoms with E-state index in [2.05, 4.69) is 84.0 Å². The van der Waals surface area contributed by atoms with Gasteiger partial charge in [-0.1, -0.05) is 172 Å². The number of phenolic OH excluding ortho intramolecular Hbond substituents is 1. The summed E-state index contributed by atoms with van der Waals surface area (Å²) in [6.07, 6.45) is 26.4. The summed E-state index contributed by atoms with van der Waals surface area (Å²) in [5.41, 5.74) is 30.5. The maximum atomic E-state index is 14.4. The molecule has 4 aromatic rings. The first-order valence-corrected chi connectivity index (χ1v) is 49.0. The number of carbonyl (C=O) groups excluding carboxylic acids is 15. The number of nitrogens with two attached hydrogens (primary N) is 5. The summed E-state index contributed by atoms with van der Waals surface area (Å²) in [7, 11) is 0. The van der Waals surface area contributed by atoms with Crippen LogP contribution in [0.15, 0.2) is 71.8 Å².